The molecule has 0 aliphatic heterocycles. The maximum Gasteiger partial charge on any atom is 0.115 e. The summed E-state index contributed by atoms with van der Waals surface area (Å²) in [5, 5.41) is 0. The molecule has 0 fully saturated rings. The van der Waals surface area contributed by atoms with E-state index in [0.717, 1.165) is 57.8 Å². The molecule has 2 nitrogen and oxygen atoms in total. The zero-order chi connectivity index (χ0) is 40.1. The van der Waals surface area contributed by atoms with E-state index in [1.165, 1.54) is 16.8 Å². The van der Waals surface area contributed by atoms with Crippen molar-refractivity contribution in [3.05, 3.63) is 163 Å². The van der Waals surface area contributed by atoms with Crippen molar-refractivity contribution in [3.8, 4) is 22.3 Å². The van der Waals surface area contributed by atoms with Gasteiger partial charge in [0.05, 0.1) is 5.69 Å². The van der Waals surface area contributed by atoms with Crippen molar-refractivity contribution in [1.82, 2.24) is 0 Å². The average molecular weight is 724 g/mol. The van der Waals surface area contributed by atoms with Crippen LogP contribution in [0.25, 0.3) is 22.3 Å². The third-order valence-corrected chi connectivity index (χ3v) is 11.8. The highest BCUT2D eigenvalue weighted by Gasteiger charge is 2.39. The smallest absolute Gasteiger partial charge is 0.115 e. The molecule has 1 aliphatic rings. The van der Waals surface area contributed by atoms with Crippen LogP contribution >= 0.6 is 0 Å². The summed E-state index contributed by atoms with van der Waals surface area (Å²) in [5.41, 5.74) is 14.1. The third kappa shape index (κ3) is 7.07. The van der Waals surface area contributed by atoms with Crippen LogP contribution in [0.4, 0.5) is 34.1 Å². The van der Waals surface area contributed by atoms with Gasteiger partial charge in [0.2, 0.25) is 0 Å². The Kier molecular flexibility index (Phi) is 10.1. The van der Waals surface area contributed by atoms with Gasteiger partial charge in [-0.05, 0) is 112 Å². The average Bonchev–Trinajstić information content (AvgIpc) is 3.24. The number of hydrogen-bond donors (Lipinski definition) is 0. The van der Waals surface area contributed by atoms with E-state index in [1.54, 1.807) is 0 Å². The summed E-state index contributed by atoms with van der Waals surface area (Å²) in [6.07, 6.45) is 2.30. The van der Waals surface area contributed by atoms with E-state index >= 15 is 0 Å². The van der Waals surface area contributed by atoms with Crippen molar-refractivity contribution in [1.29, 1.82) is 0 Å². The number of nitrogens with zero attached hydrogens (tertiary/aromatic N) is 2. The molecule has 1 aliphatic carbocycles. The molecule has 57 heavy (non-hydrogen) atoms. The molecule has 0 bridgehead atoms. The SMILES string of the molecule is [B]c1c([B])c([B])c(N(c2ccc(-c3ccccc3)cc2)c2ccc(-c3ccc(N(c4ccccc4)c4cccc5c4C(C)(C)CCC5(C)C)cc3)cc2)c([B])c1[B]. The number of para-hydroxylation sites is 1. The van der Waals surface area contributed by atoms with Crippen molar-refractivity contribution < 1.29 is 0 Å². The maximum atomic E-state index is 6.67. The summed E-state index contributed by atoms with van der Waals surface area (Å²) in [4.78, 5) is 4.40. The van der Waals surface area contributed by atoms with E-state index in [0.29, 0.717) is 5.69 Å². The number of anilines is 6. The molecule has 0 unspecified atom stereocenters. The zero-order valence-electron chi connectivity index (χ0n) is 33.1. The monoisotopic (exact) mass is 724 g/mol. The summed E-state index contributed by atoms with van der Waals surface area (Å²) in [6.45, 7) is 9.54. The maximum absolute atomic E-state index is 6.67. The standard InChI is InChI=1S/C50H41B5N2/c1-49(2)30-31-50(3,4)42-40(49)16-11-17-41(42)56(36-14-9-6-10-15-36)37-24-18-34(19-25-37)35-22-28-39(29-23-35)57(48-46(54)44(52)43(51)45(53)47(48)55)38-26-20-33(21-27-38)32-12-7-5-8-13-32/h5-29H,30-31H2,1-4H3. The summed E-state index contributed by atoms with van der Waals surface area (Å²) in [7, 11) is 32.4. The summed E-state index contributed by atoms with van der Waals surface area (Å²) >= 11 is 0. The first-order valence-corrected chi connectivity index (χ1v) is 19.5. The molecule has 10 radical (unpaired) electrons. The number of rotatable bonds is 8. The van der Waals surface area contributed by atoms with E-state index in [4.69, 9.17) is 39.2 Å². The van der Waals surface area contributed by atoms with Crippen molar-refractivity contribution in [2.75, 3.05) is 9.80 Å². The van der Waals surface area contributed by atoms with Crippen LogP contribution in [0.1, 0.15) is 51.7 Å². The lowest BCUT2D eigenvalue weighted by Crippen LogP contribution is -2.56. The van der Waals surface area contributed by atoms with Gasteiger partial charge >= 0.3 is 0 Å². The van der Waals surface area contributed by atoms with Crippen molar-refractivity contribution in [2.24, 2.45) is 0 Å². The minimum absolute atomic E-state index is 0.0348. The predicted octanol–water partition coefficient (Wildman–Crippen LogP) is 8.28. The van der Waals surface area contributed by atoms with Gasteiger partial charge in [0.25, 0.3) is 0 Å². The minimum atomic E-state index is 0.0348. The number of benzene rings is 7. The summed E-state index contributed by atoms with van der Waals surface area (Å²) < 4.78 is 0. The fraction of sp³-hybridized carbons (Fsp3) is 0.160. The van der Waals surface area contributed by atoms with Crippen LogP contribution in [0.5, 0.6) is 0 Å². The molecule has 0 saturated heterocycles. The second kappa shape index (κ2) is 15.1. The van der Waals surface area contributed by atoms with Crippen LogP contribution in [0.3, 0.4) is 0 Å². The minimum Gasteiger partial charge on any atom is -0.312 e. The van der Waals surface area contributed by atoms with Gasteiger partial charge in [0, 0.05) is 28.4 Å². The Hall–Kier alpha value is -5.54. The molecule has 0 spiro atoms. The molecule has 7 heteroatoms. The highest BCUT2D eigenvalue weighted by molar-refractivity contribution is 6.69. The predicted molar refractivity (Wildman–Crippen MR) is 249 cm³/mol. The Labute approximate surface area is 345 Å². The van der Waals surface area contributed by atoms with Crippen LogP contribution in [-0.2, 0) is 10.8 Å². The number of hydrogen-bond acceptors (Lipinski definition) is 2. The van der Waals surface area contributed by atoms with Gasteiger partial charge in [-0.2, -0.15) is 0 Å². The molecule has 266 valence electrons. The molecule has 7 aromatic rings. The van der Waals surface area contributed by atoms with E-state index in [-0.39, 0.29) is 38.1 Å². The molecule has 0 saturated carbocycles. The van der Waals surface area contributed by atoms with Gasteiger partial charge in [-0.3, -0.25) is 0 Å². The topological polar surface area (TPSA) is 6.48 Å². The quantitative estimate of drug-likeness (QED) is 0.146. The van der Waals surface area contributed by atoms with Crippen LogP contribution in [0.15, 0.2) is 152 Å². The van der Waals surface area contributed by atoms with Gasteiger partial charge in [0.1, 0.15) is 39.2 Å². The molecular weight excluding hydrogens is 683 g/mol. The lowest BCUT2D eigenvalue weighted by Gasteiger charge is -2.44. The first-order chi connectivity index (χ1) is 27.4. The van der Waals surface area contributed by atoms with Crippen LogP contribution in [0.2, 0.25) is 0 Å². The normalized spacial score (nSPS) is 14.1. The van der Waals surface area contributed by atoms with Crippen molar-refractivity contribution in [3.63, 3.8) is 0 Å². The number of fused-ring (bicyclic) bond motifs is 1. The van der Waals surface area contributed by atoms with Gasteiger partial charge in [-0.1, -0.05) is 136 Å². The molecule has 7 aromatic carbocycles. The lowest BCUT2D eigenvalue weighted by atomic mass is 9.61. The molecule has 0 atom stereocenters. The molecule has 0 amide bonds. The highest BCUT2D eigenvalue weighted by atomic mass is 15.2. The van der Waals surface area contributed by atoms with Gasteiger partial charge in [-0.25, -0.2) is 0 Å². The Morgan fingerprint density at radius 1 is 0.368 bits per heavy atom. The van der Waals surface area contributed by atoms with Gasteiger partial charge in [0.15, 0.2) is 0 Å². The molecule has 0 heterocycles. The van der Waals surface area contributed by atoms with Crippen LogP contribution in [0, 0.1) is 0 Å². The Morgan fingerprint density at radius 3 is 1.25 bits per heavy atom. The first-order valence-electron chi connectivity index (χ1n) is 19.5. The van der Waals surface area contributed by atoms with Crippen LogP contribution in [-0.4, -0.2) is 39.2 Å². The zero-order valence-corrected chi connectivity index (χ0v) is 33.1. The summed E-state index contributed by atoms with van der Waals surface area (Å²) in [6, 6.07) is 53.2. The van der Waals surface area contributed by atoms with E-state index < -0.39 is 0 Å². The second-order valence-corrected chi connectivity index (χ2v) is 16.4. The van der Waals surface area contributed by atoms with E-state index in [9.17, 15) is 0 Å². The van der Waals surface area contributed by atoms with Gasteiger partial charge in [-0.15, -0.1) is 16.4 Å². The Bertz CT molecular complexity index is 2520. The summed E-state index contributed by atoms with van der Waals surface area (Å²) in [5.74, 6) is 0. The molecule has 8 rings (SSSR count). The molecule has 0 N–H and O–H groups in total. The Morgan fingerprint density at radius 2 is 0.754 bits per heavy atom. The molecule has 0 aromatic heterocycles. The highest BCUT2D eigenvalue weighted by Crippen LogP contribution is 2.51. The van der Waals surface area contributed by atoms with Gasteiger partial charge < -0.3 is 9.80 Å². The van der Waals surface area contributed by atoms with E-state index in [1.807, 2.05) is 35.2 Å². The van der Waals surface area contributed by atoms with Crippen LogP contribution < -0.4 is 37.1 Å². The first kappa shape index (κ1) is 38.3. The Balaban J connectivity index is 1.18. The van der Waals surface area contributed by atoms with E-state index in [2.05, 4.69) is 154 Å². The fourth-order valence-electron chi connectivity index (χ4n) is 8.41. The second-order valence-electron chi connectivity index (χ2n) is 16.4. The molecular formula is C50H41B5N2. The van der Waals surface area contributed by atoms with Crippen molar-refractivity contribution in [2.45, 2.75) is 51.4 Å². The third-order valence-electron chi connectivity index (χ3n) is 11.8. The fourth-order valence-corrected chi connectivity index (χ4v) is 8.41. The lowest BCUT2D eigenvalue weighted by molar-refractivity contribution is 0.332. The van der Waals surface area contributed by atoms with Crippen molar-refractivity contribution >= 4 is 101 Å². The largest absolute Gasteiger partial charge is 0.312 e.